The minimum Gasteiger partial charge on any atom is -0.356 e. The highest BCUT2D eigenvalue weighted by atomic mass is 19.4. The molecule has 3 rings (SSSR count). The van der Waals surface area contributed by atoms with Crippen molar-refractivity contribution in [2.45, 2.75) is 38.5 Å². The summed E-state index contributed by atoms with van der Waals surface area (Å²) in [7, 11) is 0. The van der Waals surface area contributed by atoms with Gasteiger partial charge in [-0.25, -0.2) is 9.97 Å². The molecule has 6 nitrogen and oxygen atoms in total. The molecular weight excluding hydrogens is 347 g/mol. The number of hydrogen-bond acceptors (Lipinski definition) is 4. The maximum atomic E-state index is 12.9. The second-order valence-electron chi connectivity index (χ2n) is 6.34. The van der Waals surface area contributed by atoms with Crippen LogP contribution in [0.15, 0.2) is 30.6 Å². The summed E-state index contributed by atoms with van der Waals surface area (Å²) in [5, 5.41) is 2.98. The van der Waals surface area contributed by atoms with Gasteiger partial charge in [-0.1, -0.05) is 0 Å². The minimum absolute atomic E-state index is 0.0133. The summed E-state index contributed by atoms with van der Waals surface area (Å²) in [6, 6.07) is 4.70. The normalized spacial score (nSPS) is 15.9. The second-order valence-corrected chi connectivity index (χ2v) is 6.34. The highest BCUT2D eigenvalue weighted by molar-refractivity contribution is 5.76. The Hall–Kier alpha value is -2.58. The Morgan fingerprint density at radius 2 is 1.88 bits per heavy atom. The molecule has 0 aliphatic carbocycles. The zero-order valence-corrected chi connectivity index (χ0v) is 14.3. The molecule has 9 heteroatoms. The molecule has 0 atom stereocenters. The monoisotopic (exact) mass is 367 g/mol. The van der Waals surface area contributed by atoms with E-state index in [0.717, 1.165) is 6.07 Å². The van der Waals surface area contributed by atoms with Gasteiger partial charge in [0.25, 0.3) is 0 Å². The molecule has 0 spiro atoms. The van der Waals surface area contributed by atoms with Gasteiger partial charge in [-0.2, -0.15) is 13.2 Å². The van der Waals surface area contributed by atoms with Gasteiger partial charge in [-0.05, 0) is 31.9 Å². The molecule has 0 unspecified atom stereocenters. The highest BCUT2D eigenvalue weighted by Gasteiger charge is 2.34. The van der Waals surface area contributed by atoms with Crippen molar-refractivity contribution in [2.75, 3.05) is 18.0 Å². The quantitative estimate of drug-likeness (QED) is 0.901. The number of carbonyl (C=O) groups excluding carboxylic acids is 1. The number of alkyl halides is 3. The van der Waals surface area contributed by atoms with Crippen molar-refractivity contribution in [3.05, 3.63) is 42.1 Å². The third-order valence-electron chi connectivity index (χ3n) is 4.29. The number of aryl methyl sites for hydroxylation is 1. The first-order valence-corrected chi connectivity index (χ1v) is 8.39. The van der Waals surface area contributed by atoms with Crippen molar-refractivity contribution in [1.82, 2.24) is 19.9 Å². The molecule has 1 amide bonds. The molecule has 1 aliphatic rings. The van der Waals surface area contributed by atoms with Gasteiger partial charge in [-0.3, -0.25) is 4.79 Å². The number of amides is 1. The Labute approximate surface area is 149 Å². The molecular formula is C17H20F3N5O. The molecule has 0 radical (unpaired) electrons. The number of aromatic nitrogens is 3. The van der Waals surface area contributed by atoms with Crippen molar-refractivity contribution in [1.29, 1.82) is 0 Å². The van der Waals surface area contributed by atoms with E-state index < -0.39 is 11.9 Å². The Kier molecular flexibility index (Phi) is 5.15. The molecule has 140 valence electrons. The fraction of sp³-hybridized carbons (Fsp3) is 0.471. The standard InChI is InChI=1S/C17H20F3N5O/c1-12-21-14(17(18,19)20)10-15(22-12)25-8-4-13(5-9-25)23-16(26)11-24-6-2-3-7-24/h2-3,6-7,10,13H,4-5,8-9,11H2,1H3,(H,23,26). The number of carbonyl (C=O) groups is 1. The molecule has 0 saturated carbocycles. The first-order chi connectivity index (χ1) is 12.3. The summed E-state index contributed by atoms with van der Waals surface area (Å²) in [5.74, 6) is 0.302. The first-order valence-electron chi connectivity index (χ1n) is 8.39. The van der Waals surface area contributed by atoms with Gasteiger partial charge >= 0.3 is 6.18 Å². The van der Waals surface area contributed by atoms with E-state index in [1.165, 1.54) is 6.92 Å². The van der Waals surface area contributed by atoms with Crippen LogP contribution in [0.5, 0.6) is 0 Å². The largest absolute Gasteiger partial charge is 0.433 e. The molecule has 1 N–H and O–H groups in total. The van der Waals surface area contributed by atoms with Gasteiger partial charge in [-0.15, -0.1) is 0 Å². The summed E-state index contributed by atoms with van der Waals surface area (Å²) in [6.07, 6.45) is 0.451. The van der Waals surface area contributed by atoms with Crippen LogP contribution in [0.3, 0.4) is 0 Å². The number of halogens is 3. The zero-order chi connectivity index (χ0) is 18.7. The maximum Gasteiger partial charge on any atom is 0.433 e. The van der Waals surface area contributed by atoms with Crippen LogP contribution in [0.4, 0.5) is 19.0 Å². The molecule has 26 heavy (non-hydrogen) atoms. The van der Waals surface area contributed by atoms with Crippen LogP contribution in [0.25, 0.3) is 0 Å². The third-order valence-corrected chi connectivity index (χ3v) is 4.29. The Morgan fingerprint density at radius 1 is 1.23 bits per heavy atom. The van der Waals surface area contributed by atoms with Crippen LogP contribution < -0.4 is 10.2 Å². The predicted molar refractivity (Wildman–Crippen MR) is 89.6 cm³/mol. The van der Waals surface area contributed by atoms with E-state index in [9.17, 15) is 18.0 Å². The number of hydrogen-bond donors (Lipinski definition) is 1. The van der Waals surface area contributed by atoms with Crippen LogP contribution in [0, 0.1) is 6.92 Å². The van der Waals surface area contributed by atoms with E-state index in [-0.39, 0.29) is 30.1 Å². The van der Waals surface area contributed by atoms with E-state index in [0.29, 0.717) is 25.9 Å². The maximum absolute atomic E-state index is 12.9. The van der Waals surface area contributed by atoms with Crippen molar-refractivity contribution in [3.8, 4) is 0 Å². The van der Waals surface area contributed by atoms with Gasteiger partial charge in [0, 0.05) is 37.6 Å². The van der Waals surface area contributed by atoms with Gasteiger partial charge in [0.15, 0.2) is 0 Å². The first kappa shape index (κ1) is 18.2. The van der Waals surface area contributed by atoms with Crippen LogP contribution in [0.1, 0.15) is 24.4 Å². The van der Waals surface area contributed by atoms with Crippen LogP contribution in [-0.4, -0.2) is 39.6 Å². The molecule has 2 aromatic heterocycles. The van der Waals surface area contributed by atoms with Gasteiger partial charge < -0.3 is 14.8 Å². The summed E-state index contributed by atoms with van der Waals surface area (Å²) in [4.78, 5) is 21.4. The predicted octanol–water partition coefficient (Wildman–Crippen LogP) is 2.39. The van der Waals surface area contributed by atoms with Crippen LogP contribution in [0.2, 0.25) is 0 Å². The minimum atomic E-state index is -4.49. The number of rotatable bonds is 4. The van der Waals surface area contributed by atoms with E-state index in [1.807, 2.05) is 24.5 Å². The van der Waals surface area contributed by atoms with Gasteiger partial charge in [0.05, 0.1) is 0 Å². The number of anilines is 1. The van der Waals surface area contributed by atoms with Gasteiger partial charge in [0.1, 0.15) is 23.9 Å². The fourth-order valence-corrected chi connectivity index (χ4v) is 3.03. The summed E-state index contributed by atoms with van der Waals surface area (Å²) < 4.78 is 40.5. The lowest BCUT2D eigenvalue weighted by atomic mass is 10.0. The fourth-order valence-electron chi connectivity index (χ4n) is 3.03. The average Bonchev–Trinajstić information content (AvgIpc) is 3.07. The van der Waals surface area contributed by atoms with E-state index >= 15 is 0 Å². The lowest BCUT2D eigenvalue weighted by Gasteiger charge is -2.33. The summed E-state index contributed by atoms with van der Waals surface area (Å²) in [5.41, 5.74) is -0.929. The lowest BCUT2D eigenvalue weighted by Crippen LogP contribution is -2.45. The van der Waals surface area contributed by atoms with E-state index in [2.05, 4.69) is 15.3 Å². The third kappa shape index (κ3) is 4.53. The van der Waals surface area contributed by atoms with E-state index in [4.69, 9.17) is 0 Å². The Balaban J connectivity index is 1.57. The average molecular weight is 367 g/mol. The van der Waals surface area contributed by atoms with Crippen molar-refractivity contribution < 1.29 is 18.0 Å². The number of piperidine rings is 1. The Morgan fingerprint density at radius 3 is 2.50 bits per heavy atom. The molecule has 3 heterocycles. The van der Waals surface area contributed by atoms with Crippen molar-refractivity contribution in [2.24, 2.45) is 0 Å². The molecule has 1 fully saturated rings. The number of nitrogens with one attached hydrogen (secondary N) is 1. The SMILES string of the molecule is Cc1nc(N2CCC(NC(=O)Cn3cccc3)CC2)cc(C(F)(F)F)n1. The highest BCUT2D eigenvalue weighted by Crippen LogP contribution is 2.30. The summed E-state index contributed by atoms with van der Waals surface area (Å²) in [6.45, 7) is 2.77. The lowest BCUT2D eigenvalue weighted by molar-refractivity contribution is -0.141. The molecule has 1 saturated heterocycles. The second kappa shape index (κ2) is 7.35. The summed E-state index contributed by atoms with van der Waals surface area (Å²) >= 11 is 0. The van der Waals surface area contributed by atoms with Crippen LogP contribution >= 0.6 is 0 Å². The zero-order valence-electron chi connectivity index (χ0n) is 14.3. The smallest absolute Gasteiger partial charge is 0.356 e. The van der Waals surface area contributed by atoms with Gasteiger partial charge in [0.2, 0.25) is 5.91 Å². The molecule has 2 aromatic rings. The molecule has 1 aliphatic heterocycles. The van der Waals surface area contributed by atoms with Crippen molar-refractivity contribution >= 4 is 11.7 Å². The molecule has 0 bridgehead atoms. The Bertz CT molecular complexity index is 752. The topological polar surface area (TPSA) is 63.1 Å². The van der Waals surface area contributed by atoms with Crippen LogP contribution in [-0.2, 0) is 17.5 Å². The van der Waals surface area contributed by atoms with Crippen molar-refractivity contribution in [3.63, 3.8) is 0 Å². The van der Waals surface area contributed by atoms with E-state index in [1.54, 1.807) is 9.47 Å². The number of nitrogens with zero attached hydrogens (tertiary/aromatic N) is 4. The molecule has 0 aromatic carbocycles.